The molecule has 1 aliphatic rings. The third-order valence-electron chi connectivity index (χ3n) is 2.25. The number of nitrogens with zero attached hydrogens (tertiary/aromatic N) is 2. The lowest BCUT2D eigenvalue weighted by molar-refractivity contribution is -0.120. The van der Waals surface area contributed by atoms with Gasteiger partial charge in [0.25, 0.3) is 0 Å². The minimum absolute atomic E-state index is 0.0745. The average Bonchev–Trinajstić information content (AvgIpc) is 3.05. The van der Waals surface area contributed by atoms with Gasteiger partial charge in [-0.05, 0) is 12.8 Å². The molecule has 0 atom stereocenters. The Morgan fingerprint density at radius 1 is 1.44 bits per heavy atom. The summed E-state index contributed by atoms with van der Waals surface area (Å²) < 4.78 is 0. The first-order valence-electron chi connectivity index (χ1n) is 5.35. The van der Waals surface area contributed by atoms with Gasteiger partial charge in [-0.1, -0.05) is 0 Å². The van der Waals surface area contributed by atoms with Gasteiger partial charge >= 0.3 is 0 Å². The molecule has 1 fully saturated rings. The third kappa shape index (κ3) is 3.38. The van der Waals surface area contributed by atoms with Crippen LogP contribution in [0.1, 0.15) is 19.3 Å². The predicted molar refractivity (Wildman–Crippen MR) is 60.7 cm³/mol. The van der Waals surface area contributed by atoms with Crippen molar-refractivity contribution in [3.8, 4) is 0 Å². The van der Waals surface area contributed by atoms with E-state index in [4.69, 9.17) is 5.73 Å². The molecule has 0 aromatic carbocycles. The summed E-state index contributed by atoms with van der Waals surface area (Å²) >= 11 is 0. The molecule has 1 amide bonds. The number of nitrogens with one attached hydrogen (secondary N) is 2. The fourth-order valence-electron chi connectivity index (χ4n) is 1.24. The van der Waals surface area contributed by atoms with Crippen molar-refractivity contribution in [2.75, 3.05) is 17.6 Å². The zero-order chi connectivity index (χ0) is 11.4. The molecule has 1 aromatic heterocycles. The lowest BCUT2D eigenvalue weighted by Crippen LogP contribution is -2.27. The highest BCUT2D eigenvalue weighted by Crippen LogP contribution is 2.18. The second-order valence-electron chi connectivity index (χ2n) is 3.86. The van der Waals surface area contributed by atoms with E-state index >= 15 is 0 Å². The maximum Gasteiger partial charge on any atom is 0.222 e. The second kappa shape index (κ2) is 4.78. The van der Waals surface area contributed by atoms with E-state index < -0.39 is 0 Å². The molecular weight excluding hydrogens is 206 g/mol. The highest BCUT2D eigenvalue weighted by Gasteiger charge is 2.22. The van der Waals surface area contributed by atoms with Crippen molar-refractivity contribution in [2.24, 2.45) is 0 Å². The van der Waals surface area contributed by atoms with E-state index in [0.717, 1.165) is 12.8 Å². The van der Waals surface area contributed by atoms with Crippen LogP contribution >= 0.6 is 0 Å². The van der Waals surface area contributed by atoms with Crippen molar-refractivity contribution in [2.45, 2.75) is 25.3 Å². The summed E-state index contributed by atoms with van der Waals surface area (Å²) in [6.07, 6.45) is 5.71. The molecule has 6 heteroatoms. The van der Waals surface area contributed by atoms with Gasteiger partial charge in [0.05, 0.1) is 18.1 Å². The van der Waals surface area contributed by atoms with Gasteiger partial charge in [-0.2, -0.15) is 0 Å². The van der Waals surface area contributed by atoms with Crippen LogP contribution in [0.4, 0.5) is 11.6 Å². The smallest absolute Gasteiger partial charge is 0.222 e. The highest BCUT2D eigenvalue weighted by atomic mass is 16.1. The van der Waals surface area contributed by atoms with Crippen LogP contribution in [0.2, 0.25) is 0 Å². The third-order valence-corrected chi connectivity index (χ3v) is 2.25. The minimum atomic E-state index is 0.0745. The van der Waals surface area contributed by atoms with E-state index in [-0.39, 0.29) is 5.91 Å². The number of amides is 1. The van der Waals surface area contributed by atoms with Crippen LogP contribution in [0.3, 0.4) is 0 Å². The highest BCUT2D eigenvalue weighted by molar-refractivity contribution is 5.77. The first kappa shape index (κ1) is 10.7. The van der Waals surface area contributed by atoms with Crippen molar-refractivity contribution in [3.05, 3.63) is 12.4 Å². The maximum atomic E-state index is 11.3. The van der Waals surface area contributed by atoms with Crippen LogP contribution in [0.15, 0.2) is 12.4 Å². The summed E-state index contributed by atoms with van der Waals surface area (Å²) in [5, 5.41) is 5.87. The summed E-state index contributed by atoms with van der Waals surface area (Å²) in [7, 11) is 0. The molecule has 0 unspecified atom stereocenters. The van der Waals surface area contributed by atoms with Gasteiger partial charge in [-0.25, -0.2) is 9.97 Å². The van der Waals surface area contributed by atoms with Gasteiger partial charge in [0.15, 0.2) is 0 Å². The molecule has 0 spiro atoms. The number of hydrogen-bond acceptors (Lipinski definition) is 5. The van der Waals surface area contributed by atoms with Gasteiger partial charge < -0.3 is 16.4 Å². The molecule has 1 heterocycles. The first-order chi connectivity index (χ1) is 7.74. The zero-order valence-corrected chi connectivity index (χ0v) is 8.94. The molecule has 0 saturated heterocycles. The Bertz CT molecular complexity index is 360. The van der Waals surface area contributed by atoms with Gasteiger partial charge in [-0.3, -0.25) is 4.79 Å². The topological polar surface area (TPSA) is 92.9 Å². The van der Waals surface area contributed by atoms with Crippen LogP contribution in [0, 0.1) is 0 Å². The molecule has 1 saturated carbocycles. The molecule has 0 radical (unpaired) electrons. The number of nitrogens with two attached hydrogens (primary N) is 1. The quantitative estimate of drug-likeness (QED) is 0.657. The second-order valence-corrected chi connectivity index (χ2v) is 3.86. The molecule has 16 heavy (non-hydrogen) atoms. The summed E-state index contributed by atoms with van der Waals surface area (Å²) in [5.41, 5.74) is 5.97. The fourth-order valence-corrected chi connectivity index (χ4v) is 1.24. The number of nitrogen functional groups attached to an aromatic ring is 1. The fraction of sp³-hybridized carbons (Fsp3) is 0.500. The Labute approximate surface area is 93.7 Å². The Morgan fingerprint density at radius 2 is 2.12 bits per heavy atom. The van der Waals surface area contributed by atoms with Crippen molar-refractivity contribution in [1.29, 1.82) is 0 Å². The molecule has 4 N–H and O–H groups in total. The number of carbonyl (C=O) groups excluding carboxylic acids is 1. The average molecular weight is 221 g/mol. The predicted octanol–water partition coefficient (Wildman–Crippen LogP) is 0.139. The van der Waals surface area contributed by atoms with Crippen LogP contribution in [-0.2, 0) is 4.79 Å². The van der Waals surface area contributed by atoms with Gasteiger partial charge in [0.1, 0.15) is 0 Å². The molecule has 86 valence electrons. The number of rotatable bonds is 5. The van der Waals surface area contributed by atoms with Crippen molar-refractivity contribution in [3.63, 3.8) is 0 Å². The summed E-state index contributed by atoms with van der Waals surface area (Å²) in [6.45, 7) is 0.530. The monoisotopic (exact) mass is 221 g/mol. The lowest BCUT2D eigenvalue weighted by Gasteiger charge is -2.05. The number of carbonyl (C=O) groups is 1. The SMILES string of the molecule is Nc1cnc(NCCC(=O)NC2CC2)nc1. The number of aromatic nitrogens is 2. The molecular formula is C10H15N5O. The number of hydrogen-bond donors (Lipinski definition) is 3. The molecule has 6 nitrogen and oxygen atoms in total. The van der Waals surface area contributed by atoms with Crippen molar-refractivity contribution < 1.29 is 4.79 Å². The normalized spacial score (nSPS) is 14.5. The van der Waals surface area contributed by atoms with E-state index in [0.29, 0.717) is 30.6 Å². The van der Waals surface area contributed by atoms with E-state index in [1.807, 2.05) is 0 Å². The van der Waals surface area contributed by atoms with Crippen molar-refractivity contribution >= 4 is 17.5 Å². The maximum absolute atomic E-state index is 11.3. The van der Waals surface area contributed by atoms with E-state index in [1.165, 1.54) is 12.4 Å². The van der Waals surface area contributed by atoms with Gasteiger partial charge in [0.2, 0.25) is 11.9 Å². The Morgan fingerprint density at radius 3 is 2.75 bits per heavy atom. The Kier molecular flexibility index (Phi) is 3.19. The molecule has 0 aliphatic heterocycles. The summed E-state index contributed by atoms with van der Waals surface area (Å²) in [5.74, 6) is 0.568. The summed E-state index contributed by atoms with van der Waals surface area (Å²) in [6, 6.07) is 0.417. The summed E-state index contributed by atoms with van der Waals surface area (Å²) in [4.78, 5) is 19.3. The Hall–Kier alpha value is -1.85. The van der Waals surface area contributed by atoms with Gasteiger partial charge in [0, 0.05) is 19.0 Å². The van der Waals surface area contributed by atoms with Crippen molar-refractivity contribution in [1.82, 2.24) is 15.3 Å². The van der Waals surface area contributed by atoms with E-state index in [1.54, 1.807) is 0 Å². The van der Waals surface area contributed by atoms with Gasteiger partial charge in [-0.15, -0.1) is 0 Å². The van der Waals surface area contributed by atoms with E-state index in [9.17, 15) is 4.79 Å². The minimum Gasteiger partial charge on any atom is -0.396 e. The van der Waals surface area contributed by atoms with Crippen LogP contribution in [0.5, 0.6) is 0 Å². The van der Waals surface area contributed by atoms with Crippen LogP contribution in [0.25, 0.3) is 0 Å². The van der Waals surface area contributed by atoms with E-state index in [2.05, 4.69) is 20.6 Å². The van der Waals surface area contributed by atoms with Crippen LogP contribution in [-0.4, -0.2) is 28.5 Å². The number of anilines is 2. The van der Waals surface area contributed by atoms with Crippen LogP contribution < -0.4 is 16.4 Å². The standard InChI is InChI=1S/C10H15N5O/c11-7-5-13-10(14-6-7)12-4-3-9(16)15-8-1-2-8/h5-6,8H,1-4,11H2,(H,15,16)(H,12,13,14). The molecule has 1 aromatic rings. The molecule has 1 aliphatic carbocycles. The largest absolute Gasteiger partial charge is 0.396 e. The lowest BCUT2D eigenvalue weighted by atomic mass is 10.4. The Balaban J connectivity index is 1.66. The first-order valence-corrected chi connectivity index (χ1v) is 5.35. The molecule has 0 bridgehead atoms. The molecule has 2 rings (SSSR count). The zero-order valence-electron chi connectivity index (χ0n) is 8.94.